The van der Waals surface area contributed by atoms with Crippen molar-refractivity contribution < 1.29 is 14.3 Å². The molecule has 37 heavy (non-hydrogen) atoms. The van der Waals surface area contributed by atoms with Crippen LogP contribution in [0.1, 0.15) is 36.2 Å². The molecule has 2 heterocycles. The Morgan fingerprint density at radius 2 is 1.78 bits per heavy atom. The van der Waals surface area contributed by atoms with Gasteiger partial charge in [-0.1, -0.05) is 30.3 Å². The van der Waals surface area contributed by atoms with E-state index in [9.17, 15) is 9.59 Å². The van der Waals surface area contributed by atoms with Gasteiger partial charge in [0.15, 0.2) is 5.82 Å². The molecule has 2 amide bonds. The molecule has 8 heteroatoms. The first-order valence-corrected chi connectivity index (χ1v) is 12.7. The number of carbonyl (C=O) groups is 2. The lowest BCUT2D eigenvalue weighted by Gasteiger charge is -2.30. The van der Waals surface area contributed by atoms with Gasteiger partial charge < -0.3 is 19.4 Å². The number of carbonyl (C=O) groups excluding carboxylic acids is 2. The van der Waals surface area contributed by atoms with Gasteiger partial charge in [-0.05, 0) is 63.1 Å². The van der Waals surface area contributed by atoms with Gasteiger partial charge in [0.25, 0.3) is 5.91 Å². The molecule has 0 spiro atoms. The van der Waals surface area contributed by atoms with Crippen LogP contribution in [0.2, 0.25) is 0 Å². The molecule has 8 nitrogen and oxygen atoms in total. The minimum atomic E-state index is -0.107. The number of anilines is 1. The molecule has 1 aliphatic heterocycles. The molecule has 0 N–H and O–H groups in total. The number of amides is 2. The summed E-state index contributed by atoms with van der Waals surface area (Å²) in [6.45, 7) is 8.54. The van der Waals surface area contributed by atoms with E-state index in [1.807, 2.05) is 86.3 Å². The summed E-state index contributed by atoms with van der Waals surface area (Å²) in [5.74, 6) is 1.43. The molecule has 3 aromatic rings. The molecule has 0 atom stereocenters. The fraction of sp³-hybridized carbons (Fsp3) is 0.379. The second-order valence-electron chi connectivity index (χ2n) is 9.57. The van der Waals surface area contributed by atoms with Crippen LogP contribution in [-0.4, -0.2) is 77.7 Å². The van der Waals surface area contributed by atoms with Crippen LogP contribution < -0.4 is 9.64 Å². The first-order chi connectivity index (χ1) is 17.9. The zero-order chi connectivity index (χ0) is 26.4. The summed E-state index contributed by atoms with van der Waals surface area (Å²) in [5.41, 5.74) is 3.28. The molecule has 0 radical (unpaired) electrons. The predicted octanol–water partition coefficient (Wildman–Crippen LogP) is 4.05. The van der Waals surface area contributed by atoms with Crippen LogP contribution in [0.15, 0.2) is 60.7 Å². The van der Waals surface area contributed by atoms with E-state index in [4.69, 9.17) is 4.74 Å². The summed E-state index contributed by atoms with van der Waals surface area (Å²) >= 11 is 0. The Bertz CT molecular complexity index is 1230. The van der Waals surface area contributed by atoms with Crippen LogP contribution in [0.4, 0.5) is 5.82 Å². The highest BCUT2D eigenvalue weighted by atomic mass is 16.5. The molecular weight excluding hydrogens is 466 g/mol. The van der Waals surface area contributed by atoms with E-state index in [1.165, 1.54) is 0 Å². The summed E-state index contributed by atoms with van der Waals surface area (Å²) in [4.78, 5) is 32.2. The molecule has 1 aliphatic rings. The van der Waals surface area contributed by atoms with Crippen molar-refractivity contribution in [2.24, 2.45) is 0 Å². The summed E-state index contributed by atoms with van der Waals surface area (Å²) < 4.78 is 5.31. The second-order valence-corrected chi connectivity index (χ2v) is 9.57. The number of aromatic nitrogens is 2. The lowest BCUT2D eigenvalue weighted by molar-refractivity contribution is -0.132. The SMILES string of the molecule is COc1cccc(-c2ccc(N3CCCN(C(=O)CN(C(=O)c4ccccc4C)C(C)C)CC3)nn2)c1. The minimum Gasteiger partial charge on any atom is -0.497 e. The highest BCUT2D eigenvalue weighted by molar-refractivity contribution is 5.97. The number of aryl methyl sites for hydroxylation is 1. The van der Waals surface area contributed by atoms with Gasteiger partial charge in [-0.2, -0.15) is 0 Å². The third kappa shape index (κ3) is 6.25. The van der Waals surface area contributed by atoms with Gasteiger partial charge in [0, 0.05) is 43.3 Å². The topological polar surface area (TPSA) is 78.9 Å². The van der Waals surface area contributed by atoms with Crippen molar-refractivity contribution >= 4 is 17.6 Å². The predicted molar refractivity (Wildman–Crippen MR) is 145 cm³/mol. The number of methoxy groups -OCH3 is 1. The Kier molecular flexibility index (Phi) is 8.38. The Labute approximate surface area is 218 Å². The Morgan fingerprint density at radius 3 is 2.49 bits per heavy atom. The van der Waals surface area contributed by atoms with E-state index in [0.29, 0.717) is 25.2 Å². The number of benzene rings is 2. The normalized spacial score (nSPS) is 13.9. The van der Waals surface area contributed by atoms with Crippen LogP contribution in [0.3, 0.4) is 0 Å². The van der Waals surface area contributed by atoms with Gasteiger partial charge in [0.05, 0.1) is 12.8 Å². The van der Waals surface area contributed by atoms with Crippen molar-refractivity contribution in [3.8, 4) is 17.0 Å². The third-order valence-corrected chi connectivity index (χ3v) is 6.75. The summed E-state index contributed by atoms with van der Waals surface area (Å²) in [7, 11) is 1.64. The average Bonchev–Trinajstić information content (AvgIpc) is 3.18. The molecule has 4 rings (SSSR count). The summed E-state index contributed by atoms with van der Waals surface area (Å²) in [5, 5.41) is 8.89. The zero-order valence-corrected chi connectivity index (χ0v) is 22.1. The van der Waals surface area contributed by atoms with Crippen molar-refractivity contribution in [3.05, 3.63) is 71.8 Å². The van der Waals surface area contributed by atoms with Crippen molar-refractivity contribution in [1.82, 2.24) is 20.0 Å². The summed E-state index contributed by atoms with van der Waals surface area (Å²) in [6.07, 6.45) is 0.818. The maximum atomic E-state index is 13.3. The van der Waals surface area contributed by atoms with Crippen LogP contribution in [0.25, 0.3) is 11.3 Å². The second kappa shape index (κ2) is 11.9. The molecule has 2 aromatic carbocycles. The van der Waals surface area contributed by atoms with Crippen LogP contribution in [-0.2, 0) is 4.79 Å². The van der Waals surface area contributed by atoms with Gasteiger partial charge in [0.2, 0.25) is 5.91 Å². The lowest BCUT2D eigenvalue weighted by Crippen LogP contribution is -2.47. The van der Waals surface area contributed by atoms with Crippen molar-refractivity contribution in [2.75, 3.05) is 44.7 Å². The van der Waals surface area contributed by atoms with Crippen molar-refractivity contribution in [3.63, 3.8) is 0 Å². The molecule has 1 fully saturated rings. The van der Waals surface area contributed by atoms with E-state index in [-0.39, 0.29) is 24.4 Å². The van der Waals surface area contributed by atoms with Gasteiger partial charge in [-0.3, -0.25) is 9.59 Å². The minimum absolute atomic E-state index is 0.0306. The highest BCUT2D eigenvalue weighted by Crippen LogP contribution is 2.23. The smallest absolute Gasteiger partial charge is 0.254 e. The third-order valence-electron chi connectivity index (χ3n) is 6.75. The summed E-state index contributed by atoms with van der Waals surface area (Å²) in [6, 6.07) is 19.1. The van der Waals surface area contributed by atoms with Crippen molar-refractivity contribution in [2.45, 2.75) is 33.2 Å². The Balaban J connectivity index is 1.39. The quantitative estimate of drug-likeness (QED) is 0.486. The van der Waals surface area contributed by atoms with E-state index >= 15 is 0 Å². The Hall–Kier alpha value is -3.94. The lowest BCUT2D eigenvalue weighted by atomic mass is 10.1. The van der Waals surface area contributed by atoms with Gasteiger partial charge in [-0.25, -0.2) is 0 Å². The van der Waals surface area contributed by atoms with Gasteiger partial charge in [0.1, 0.15) is 12.3 Å². The van der Waals surface area contributed by atoms with Crippen molar-refractivity contribution in [1.29, 1.82) is 0 Å². The van der Waals surface area contributed by atoms with E-state index < -0.39 is 0 Å². The molecule has 1 aromatic heterocycles. The number of ether oxygens (including phenoxy) is 1. The van der Waals surface area contributed by atoms with E-state index in [2.05, 4.69) is 15.1 Å². The molecule has 194 valence electrons. The van der Waals surface area contributed by atoms with E-state index in [1.54, 1.807) is 12.0 Å². The van der Waals surface area contributed by atoms with E-state index in [0.717, 1.165) is 41.4 Å². The maximum Gasteiger partial charge on any atom is 0.254 e. The fourth-order valence-electron chi connectivity index (χ4n) is 4.53. The fourth-order valence-corrected chi connectivity index (χ4v) is 4.53. The number of nitrogens with zero attached hydrogens (tertiary/aromatic N) is 5. The van der Waals surface area contributed by atoms with Crippen LogP contribution in [0.5, 0.6) is 5.75 Å². The number of rotatable bonds is 7. The number of hydrogen-bond donors (Lipinski definition) is 0. The highest BCUT2D eigenvalue weighted by Gasteiger charge is 2.26. The van der Waals surface area contributed by atoms with Crippen LogP contribution in [0, 0.1) is 6.92 Å². The molecule has 1 saturated heterocycles. The largest absolute Gasteiger partial charge is 0.497 e. The molecule has 0 saturated carbocycles. The average molecular weight is 502 g/mol. The molecular formula is C29H35N5O3. The molecule has 0 aliphatic carbocycles. The van der Waals surface area contributed by atoms with Gasteiger partial charge in [-0.15, -0.1) is 10.2 Å². The molecule has 0 bridgehead atoms. The van der Waals surface area contributed by atoms with Crippen LogP contribution >= 0.6 is 0 Å². The number of hydrogen-bond acceptors (Lipinski definition) is 6. The standard InChI is InChI=1S/C29H35N5O3/c1-21(2)34(29(36)25-12-6-5-9-22(25)3)20-28(35)33-16-8-15-32(17-18-33)27-14-13-26(30-31-27)23-10-7-11-24(19-23)37-4/h5-7,9-14,19,21H,8,15-18,20H2,1-4H3. The Morgan fingerprint density at radius 1 is 0.973 bits per heavy atom. The van der Waals surface area contributed by atoms with Gasteiger partial charge >= 0.3 is 0 Å². The monoisotopic (exact) mass is 501 g/mol. The zero-order valence-electron chi connectivity index (χ0n) is 22.1. The first-order valence-electron chi connectivity index (χ1n) is 12.7. The molecule has 0 unspecified atom stereocenters. The maximum absolute atomic E-state index is 13.3. The first kappa shape index (κ1) is 26.1.